The summed E-state index contributed by atoms with van der Waals surface area (Å²) < 4.78 is 72.9. The number of nitrogens with one attached hydrogen (secondary N) is 1. The molecule has 0 aromatic carbocycles. The standard InChI is InChI=1S/C7H7F6NO3/c1-2(15)14-3(5(16)17)4(6(8,9)10)7(11,12)13/h3-4H,1H3,(H,14,15)(H,16,17)/t3-/m1/s1. The first-order valence-electron chi connectivity index (χ1n) is 4.00. The third kappa shape index (κ3) is 4.49. The smallest absolute Gasteiger partial charge is 0.403 e. The molecule has 0 fully saturated rings. The zero-order valence-electron chi connectivity index (χ0n) is 8.19. The number of hydrogen-bond acceptors (Lipinski definition) is 2. The maximum Gasteiger partial charge on any atom is 0.403 e. The molecule has 10 heteroatoms. The van der Waals surface area contributed by atoms with E-state index in [1.54, 1.807) is 0 Å². The molecule has 0 saturated carbocycles. The van der Waals surface area contributed by atoms with Gasteiger partial charge in [0.15, 0.2) is 5.92 Å². The lowest BCUT2D eigenvalue weighted by Crippen LogP contribution is -2.55. The quantitative estimate of drug-likeness (QED) is 0.758. The highest BCUT2D eigenvalue weighted by molar-refractivity contribution is 5.82. The molecular formula is C7H7F6NO3. The maximum absolute atomic E-state index is 12.1. The van der Waals surface area contributed by atoms with E-state index in [-0.39, 0.29) is 0 Å². The second-order valence-corrected chi connectivity index (χ2v) is 3.08. The highest BCUT2D eigenvalue weighted by atomic mass is 19.4. The van der Waals surface area contributed by atoms with Crippen molar-refractivity contribution in [3.8, 4) is 0 Å². The van der Waals surface area contributed by atoms with Crippen molar-refractivity contribution in [2.24, 2.45) is 5.92 Å². The summed E-state index contributed by atoms with van der Waals surface area (Å²) >= 11 is 0. The third-order valence-electron chi connectivity index (χ3n) is 1.66. The predicted octanol–water partition coefficient (Wildman–Crippen LogP) is 1.32. The van der Waals surface area contributed by atoms with Crippen molar-refractivity contribution in [2.75, 3.05) is 0 Å². The molecule has 4 nitrogen and oxygen atoms in total. The fraction of sp³-hybridized carbons (Fsp3) is 0.714. The van der Waals surface area contributed by atoms with Gasteiger partial charge in [0.25, 0.3) is 0 Å². The molecule has 0 saturated heterocycles. The fourth-order valence-electron chi connectivity index (χ4n) is 1.07. The van der Waals surface area contributed by atoms with Gasteiger partial charge in [-0.15, -0.1) is 0 Å². The van der Waals surface area contributed by atoms with Crippen LogP contribution in [0.15, 0.2) is 0 Å². The molecular weight excluding hydrogens is 260 g/mol. The first-order valence-corrected chi connectivity index (χ1v) is 4.00. The largest absolute Gasteiger partial charge is 0.480 e. The Morgan fingerprint density at radius 1 is 1.06 bits per heavy atom. The molecule has 0 rings (SSSR count). The van der Waals surface area contributed by atoms with Crippen LogP contribution in [0.3, 0.4) is 0 Å². The van der Waals surface area contributed by atoms with Gasteiger partial charge in [-0.05, 0) is 0 Å². The molecule has 1 atom stereocenters. The van der Waals surface area contributed by atoms with Crippen LogP contribution >= 0.6 is 0 Å². The fourth-order valence-corrected chi connectivity index (χ4v) is 1.07. The first kappa shape index (κ1) is 15.5. The molecule has 1 amide bonds. The lowest BCUT2D eigenvalue weighted by atomic mass is 9.98. The Balaban J connectivity index is 5.39. The highest BCUT2D eigenvalue weighted by Crippen LogP contribution is 2.41. The predicted molar refractivity (Wildman–Crippen MR) is 40.8 cm³/mol. The second-order valence-electron chi connectivity index (χ2n) is 3.08. The Hall–Kier alpha value is -1.48. The lowest BCUT2D eigenvalue weighted by Gasteiger charge is -2.28. The van der Waals surface area contributed by atoms with E-state index in [0.29, 0.717) is 6.92 Å². The third-order valence-corrected chi connectivity index (χ3v) is 1.66. The van der Waals surface area contributed by atoms with Gasteiger partial charge in [-0.1, -0.05) is 0 Å². The minimum atomic E-state index is -5.83. The van der Waals surface area contributed by atoms with Crippen LogP contribution in [0.25, 0.3) is 0 Å². The summed E-state index contributed by atoms with van der Waals surface area (Å²) in [6, 6.07) is -3.10. The molecule has 0 aliphatic heterocycles. The number of carboxylic acid groups (broad SMARTS) is 1. The summed E-state index contributed by atoms with van der Waals surface area (Å²) in [5.41, 5.74) is 0. The van der Waals surface area contributed by atoms with Crippen LogP contribution in [-0.4, -0.2) is 35.4 Å². The Morgan fingerprint density at radius 2 is 1.41 bits per heavy atom. The molecule has 0 bridgehead atoms. The summed E-state index contributed by atoms with van der Waals surface area (Å²) in [5.74, 6) is -7.88. The van der Waals surface area contributed by atoms with Crippen LogP contribution in [-0.2, 0) is 9.59 Å². The van der Waals surface area contributed by atoms with Crippen molar-refractivity contribution < 1.29 is 41.0 Å². The summed E-state index contributed by atoms with van der Waals surface area (Å²) in [4.78, 5) is 20.8. The zero-order chi connectivity index (χ0) is 14.0. The van der Waals surface area contributed by atoms with E-state index in [2.05, 4.69) is 0 Å². The van der Waals surface area contributed by atoms with Gasteiger partial charge < -0.3 is 10.4 Å². The number of hydrogen-bond donors (Lipinski definition) is 2. The van der Waals surface area contributed by atoms with E-state index in [0.717, 1.165) is 5.32 Å². The molecule has 0 aliphatic rings. The maximum atomic E-state index is 12.1. The lowest BCUT2D eigenvalue weighted by molar-refractivity contribution is -0.290. The average Bonchev–Trinajstić information content (AvgIpc) is 1.95. The van der Waals surface area contributed by atoms with Crippen molar-refractivity contribution in [3.05, 3.63) is 0 Å². The number of halogens is 6. The van der Waals surface area contributed by atoms with Crippen molar-refractivity contribution in [1.82, 2.24) is 5.32 Å². The van der Waals surface area contributed by atoms with Crippen molar-refractivity contribution in [3.63, 3.8) is 0 Å². The van der Waals surface area contributed by atoms with Crippen LogP contribution in [0.5, 0.6) is 0 Å². The SMILES string of the molecule is CC(=O)N[C@@H](C(=O)O)C(C(F)(F)F)C(F)(F)F. The van der Waals surface area contributed by atoms with Crippen molar-refractivity contribution >= 4 is 11.9 Å². The minimum absolute atomic E-state index is 0.611. The van der Waals surface area contributed by atoms with Crippen molar-refractivity contribution in [2.45, 2.75) is 25.3 Å². The van der Waals surface area contributed by atoms with E-state index >= 15 is 0 Å². The van der Waals surface area contributed by atoms with Crippen LogP contribution in [0.2, 0.25) is 0 Å². The van der Waals surface area contributed by atoms with Crippen molar-refractivity contribution in [1.29, 1.82) is 0 Å². The van der Waals surface area contributed by atoms with Crippen LogP contribution in [0.1, 0.15) is 6.92 Å². The van der Waals surface area contributed by atoms with Gasteiger partial charge in [0.2, 0.25) is 5.91 Å². The summed E-state index contributed by atoms with van der Waals surface area (Å²) in [7, 11) is 0. The number of carboxylic acids is 1. The number of rotatable bonds is 3. The molecule has 17 heavy (non-hydrogen) atoms. The Kier molecular flexibility index (Phi) is 4.38. The van der Waals surface area contributed by atoms with E-state index in [9.17, 15) is 35.9 Å². The van der Waals surface area contributed by atoms with E-state index in [1.165, 1.54) is 0 Å². The summed E-state index contributed by atoms with van der Waals surface area (Å²) in [5, 5.41) is 9.42. The molecule has 0 aliphatic carbocycles. The summed E-state index contributed by atoms with van der Waals surface area (Å²) in [6.45, 7) is 0.611. The molecule has 0 radical (unpaired) electrons. The van der Waals surface area contributed by atoms with Gasteiger partial charge in [0, 0.05) is 6.92 Å². The van der Waals surface area contributed by atoms with E-state index < -0.39 is 36.2 Å². The number of carbonyl (C=O) groups excluding carboxylic acids is 1. The number of amides is 1. The normalized spacial score (nSPS) is 14.6. The monoisotopic (exact) mass is 267 g/mol. The topological polar surface area (TPSA) is 66.4 Å². The molecule has 0 unspecified atom stereocenters. The molecule has 100 valence electrons. The zero-order valence-corrected chi connectivity index (χ0v) is 8.19. The van der Waals surface area contributed by atoms with Gasteiger partial charge in [-0.2, -0.15) is 26.3 Å². The molecule has 0 spiro atoms. The minimum Gasteiger partial charge on any atom is -0.480 e. The Morgan fingerprint density at radius 3 is 1.59 bits per heavy atom. The molecule has 2 N–H and O–H groups in total. The van der Waals surface area contributed by atoms with Gasteiger partial charge in [0.05, 0.1) is 0 Å². The van der Waals surface area contributed by atoms with Crippen LogP contribution < -0.4 is 5.32 Å². The van der Waals surface area contributed by atoms with Crippen LogP contribution in [0, 0.1) is 5.92 Å². The number of carbonyl (C=O) groups is 2. The first-order chi connectivity index (χ1) is 7.37. The Bertz CT molecular complexity index is 296. The molecule has 0 heterocycles. The van der Waals surface area contributed by atoms with Gasteiger partial charge >= 0.3 is 18.3 Å². The average molecular weight is 267 g/mol. The second kappa shape index (κ2) is 4.80. The Labute approximate surface area is 90.6 Å². The van der Waals surface area contributed by atoms with Gasteiger partial charge in [-0.3, -0.25) is 4.79 Å². The highest BCUT2D eigenvalue weighted by Gasteiger charge is 2.62. The number of aliphatic carboxylic acids is 1. The van der Waals surface area contributed by atoms with Gasteiger partial charge in [0.1, 0.15) is 6.04 Å². The molecule has 0 aromatic heterocycles. The summed E-state index contributed by atoms with van der Waals surface area (Å²) in [6.07, 6.45) is -11.7. The van der Waals surface area contributed by atoms with E-state index in [1.807, 2.05) is 0 Å². The van der Waals surface area contributed by atoms with E-state index in [4.69, 9.17) is 5.11 Å². The van der Waals surface area contributed by atoms with Gasteiger partial charge in [-0.25, -0.2) is 4.79 Å². The number of alkyl halides is 6. The van der Waals surface area contributed by atoms with Crippen LogP contribution in [0.4, 0.5) is 26.3 Å². The molecule has 0 aromatic rings.